The number of hydrogen-bond acceptors (Lipinski definition) is 3. The Bertz CT molecular complexity index is 518. The van der Waals surface area contributed by atoms with Crippen molar-refractivity contribution >= 4 is 17.7 Å². The molecule has 1 aliphatic rings. The van der Waals surface area contributed by atoms with Gasteiger partial charge in [-0.1, -0.05) is 23.8 Å². The molecule has 3 nitrogen and oxygen atoms in total. The van der Waals surface area contributed by atoms with Gasteiger partial charge in [-0.15, -0.1) is 0 Å². The first-order chi connectivity index (χ1) is 9.95. The van der Waals surface area contributed by atoms with Crippen LogP contribution in [0, 0.1) is 13.8 Å². The summed E-state index contributed by atoms with van der Waals surface area (Å²) in [6, 6.07) is 6.62. The normalized spacial score (nSPS) is 23.7. The molecular formula is C17H26N2OS. The lowest BCUT2D eigenvalue weighted by molar-refractivity contribution is -0.131. The Morgan fingerprint density at radius 3 is 2.76 bits per heavy atom. The number of aryl methyl sites for hydroxylation is 2. The molecule has 2 rings (SSSR count). The predicted molar refractivity (Wildman–Crippen MR) is 90.6 cm³/mol. The van der Waals surface area contributed by atoms with E-state index in [0.717, 1.165) is 12.2 Å². The smallest absolute Gasteiger partial charge is 0.241 e. The van der Waals surface area contributed by atoms with E-state index < -0.39 is 0 Å². The second kappa shape index (κ2) is 6.84. The minimum absolute atomic E-state index is 0.00394. The number of rotatable bonds is 5. The first-order valence-electron chi connectivity index (χ1n) is 7.60. The molecule has 0 aliphatic carbocycles. The first-order valence-corrected chi connectivity index (χ1v) is 8.99. The van der Waals surface area contributed by atoms with Crippen molar-refractivity contribution in [2.45, 2.75) is 52.4 Å². The molecule has 3 unspecified atom stereocenters. The van der Waals surface area contributed by atoms with Gasteiger partial charge in [0.1, 0.15) is 6.17 Å². The van der Waals surface area contributed by atoms with Crippen LogP contribution in [0.1, 0.15) is 43.1 Å². The zero-order chi connectivity index (χ0) is 15.6. The van der Waals surface area contributed by atoms with Crippen molar-refractivity contribution < 1.29 is 4.79 Å². The molecule has 1 amide bonds. The lowest BCUT2D eigenvalue weighted by Crippen LogP contribution is -2.38. The van der Waals surface area contributed by atoms with Crippen LogP contribution in [0.5, 0.6) is 0 Å². The van der Waals surface area contributed by atoms with Crippen LogP contribution in [0.3, 0.4) is 0 Å². The lowest BCUT2D eigenvalue weighted by Gasteiger charge is -2.31. The van der Waals surface area contributed by atoms with Gasteiger partial charge in [0, 0.05) is 6.04 Å². The van der Waals surface area contributed by atoms with Crippen molar-refractivity contribution in [1.29, 1.82) is 0 Å². The van der Waals surface area contributed by atoms with Gasteiger partial charge in [-0.05, 0) is 57.3 Å². The van der Waals surface area contributed by atoms with Gasteiger partial charge < -0.3 is 4.90 Å². The summed E-state index contributed by atoms with van der Waals surface area (Å²) in [4.78, 5) is 14.6. The van der Waals surface area contributed by atoms with Gasteiger partial charge in [-0.25, -0.2) is 0 Å². The maximum Gasteiger partial charge on any atom is 0.241 e. The number of amides is 1. The molecule has 0 saturated carbocycles. The Hall–Kier alpha value is -1.00. The quantitative estimate of drug-likeness (QED) is 0.906. The van der Waals surface area contributed by atoms with Crippen LogP contribution >= 0.6 is 11.8 Å². The zero-order valence-corrected chi connectivity index (χ0v) is 14.5. The van der Waals surface area contributed by atoms with E-state index in [-0.39, 0.29) is 24.2 Å². The number of nitrogens with zero attached hydrogens (tertiary/aromatic N) is 1. The molecule has 0 radical (unpaired) electrons. The summed E-state index contributed by atoms with van der Waals surface area (Å²) >= 11 is 1.84. The van der Waals surface area contributed by atoms with Crippen molar-refractivity contribution in [1.82, 2.24) is 10.2 Å². The Labute approximate surface area is 132 Å². The van der Waals surface area contributed by atoms with Crippen LogP contribution in [-0.2, 0) is 4.79 Å². The van der Waals surface area contributed by atoms with Crippen molar-refractivity contribution in [3.05, 3.63) is 34.9 Å². The second-order valence-corrected chi connectivity index (χ2v) is 7.01. The number of benzene rings is 1. The van der Waals surface area contributed by atoms with Crippen LogP contribution in [0.4, 0.5) is 0 Å². The van der Waals surface area contributed by atoms with Crippen LogP contribution in [0.2, 0.25) is 0 Å². The van der Waals surface area contributed by atoms with E-state index in [4.69, 9.17) is 0 Å². The maximum atomic E-state index is 12.5. The van der Waals surface area contributed by atoms with Gasteiger partial charge in [-0.2, -0.15) is 11.8 Å². The fourth-order valence-corrected chi connectivity index (χ4v) is 3.51. The largest absolute Gasteiger partial charge is 0.319 e. The van der Waals surface area contributed by atoms with E-state index >= 15 is 0 Å². The Kier molecular flexibility index (Phi) is 5.33. The molecule has 1 N–H and O–H groups in total. The van der Waals surface area contributed by atoms with Crippen molar-refractivity contribution in [2.75, 3.05) is 12.0 Å². The highest BCUT2D eigenvalue weighted by atomic mass is 32.2. The molecule has 0 bridgehead atoms. The molecule has 21 heavy (non-hydrogen) atoms. The zero-order valence-electron chi connectivity index (χ0n) is 13.6. The minimum Gasteiger partial charge on any atom is -0.319 e. The molecule has 1 fully saturated rings. The van der Waals surface area contributed by atoms with Gasteiger partial charge in [0.15, 0.2) is 0 Å². The van der Waals surface area contributed by atoms with Crippen LogP contribution < -0.4 is 5.32 Å². The maximum absolute atomic E-state index is 12.5. The molecule has 1 aromatic rings. The van der Waals surface area contributed by atoms with E-state index in [1.165, 1.54) is 16.7 Å². The highest BCUT2D eigenvalue weighted by molar-refractivity contribution is 7.98. The fraction of sp³-hybridized carbons (Fsp3) is 0.588. The SMILES string of the molecule is CSCCC(C)N1C(=O)C(C)NC1c1cc(C)ccc1C. The van der Waals surface area contributed by atoms with Gasteiger partial charge in [0.05, 0.1) is 6.04 Å². The highest BCUT2D eigenvalue weighted by Gasteiger charge is 2.40. The first kappa shape index (κ1) is 16.4. The third-order valence-corrected chi connectivity index (χ3v) is 4.90. The third-order valence-electron chi connectivity index (χ3n) is 4.25. The van der Waals surface area contributed by atoms with Gasteiger partial charge in [0.25, 0.3) is 0 Å². The Morgan fingerprint density at radius 1 is 1.38 bits per heavy atom. The Morgan fingerprint density at radius 2 is 2.10 bits per heavy atom. The second-order valence-electron chi connectivity index (χ2n) is 6.03. The Balaban J connectivity index is 2.31. The summed E-state index contributed by atoms with van der Waals surface area (Å²) in [7, 11) is 0. The van der Waals surface area contributed by atoms with Gasteiger partial charge in [0.2, 0.25) is 5.91 Å². The lowest BCUT2D eigenvalue weighted by atomic mass is 10.0. The van der Waals surface area contributed by atoms with Crippen molar-refractivity contribution in [3.8, 4) is 0 Å². The van der Waals surface area contributed by atoms with Crippen molar-refractivity contribution in [2.24, 2.45) is 0 Å². The number of carbonyl (C=O) groups is 1. The van der Waals surface area contributed by atoms with E-state index in [9.17, 15) is 4.79 Å². The standard InChI is InChI=1S/C17H26N2OS/c1-11-6-7-12(2)15(10-11)16-18-14(4)17(20)19(16)13(3)8-9-21-5/h6-7,10,13-14,16,18H,8-9H2,1-5H3. The summed E-state index contributed by atoms with van der Waals surface area (Å²) < 4.78 is 0. The molecule has 1 aliphatic heterocycles. The molecule has 4 heteroatoms. The van der Waals surface area contributed by atoms with Crippen molar-refractivity contribution in [3.63, 3.8) is 0 Å². The topological polar surface area (TPSA) is 32.3 Å². The molecular weight excluding hydrogens is 280 g/mol. The monoisotopic (exact) mass is 306 g/mol. The molecule has 0 aromatic heterocycles. The van der Waals surface area contributed by atoms with Crippen LogP contribution in [0.15, 0.2) is 18.2 Å². The van der Waals surface area contributed by atoms with E-state index in [1.807, 2.05) is 23.6 Å². The summed E-state index contributed by atoms with van der Waals surface area (Å²) in [5.74, 6) is 1.30. The van der Waals surface area contributed by atoms with E-state index in [2.05, 4.69) is 50.5 Å². The molecule has 3 atom stereocenters. The van der Waals surface area contributed by atoms with Gasteiger partial charge in [-0.3, -0.25) is 10.1 Å². The van der Waals surface area contributed by atoms with E-state index in [0.29, 0.717) is 0 Å². The predicted octanol–water partition coefficient (Wildman–Crippen LogP) is 3.26. The molecule has 0 spiro atoms. The molecule has 116 valence electrons. The fourth-order valence-electron chi connectivity index (χ4n) is 2.93. The van der Waals surface area contributed by atoms with Crippen LogP contribution in [-0.4, -0.2) is 34.9 Å². The summed E-state index contributed by atoms with van der Waals surface area (Å²) in [5.41, 5.74) is 3.70. The summed E-state index contributed by atoms with van der Waals surface area (Å²) in [6.07, 6.45) is 3.15. The minimum atomic E-state index is -0.105. The number of carbonyl (C=O) groups excluding carboxylic acids is 1. The average molecular weight is 306 g/mol. The number of thioether (sulfide) groups is 1. The molecule has 1 saturated heterocycles. The van der Waals surface area contributed by atoms with E-state index in [1.54, 1.807) is 0 Å². The average Bonchev–Trinajstić information content (AvgIpc) is 2.75. The number of hydrogen-bond donors (Lipinski definition) is 1. The summed E-state index contributed by atoms with van der Waals surface area (Å²) in [6.45, 7) is 8.34. The molecule has 1 aromatic carbocycles. The number of nitrogens with one attached hydrogen (secondary N) is 1. The molecule has 1 heterocycles. The third kappa shape index (κ3) is 3.43. The van der Waals surface area contributed by atoms with Crippen LogP contribution in [0.25, 0.3) is 0 Å². The highest BCUT2D eigenvalue weighted by Crippen LogP contribution is 2.31. The summed E-state index contributed by atoms with van der Waals surface area (Å²) in [5, 5.41) is 3.46. The van der Waals surface area contributed by atoms with Gasteiger partial charge >= 0.3 is 0 Å².